The minimum Gasteiger partial charge on any atom is -0.381 e. The molecular weight excluding hydrogens is 234 g/mol. The molecule has 0 amide bonds. The minimum absolute atomic E-state index is 0.0365. The molecule has 0 aliphatic carbocycles. The molecule has 2 heterocycles. The second kappa shape index (κ2) is 5.91. The molecule has 17 heavy (non-hydrogen) atoms. The summed E-state index contributed by atoms with van der Waals surface area (Å²) in [6.07, 6.45) is 1.16. The van der Waals surface area contributed by atoms with Crippen LogP contribution in [0.2, 0.25) is 0 Å². The summed E-state index contributed by atoms with van der Waals surface area (Å²) in [6, 6.07) is 0.521. The number of nitrogens with two attached hydrogens (primary N) is 1. The van der Waals surface area contributed by atoms with E-state index in [0.29, 0.717) is 12.0 Å². The molecule has 1 aromatic rings. The summed E-state index contributed by atoms with van der Waals surface area (Å²) in [7, 11) is 0. The van der Waals surface area contributed by atoms with Gasteiger partial charge in [-0.25, -0.2) is 4.98 Å². The van der Waals surface area contributed by atoms with Crippen molar-refractivity contribution in [1.82, 2.24) is 10.3 Å². The largest absolute Gasteiger partial charge is 0.381 e. The van der Waals surface area contributed by atoms with Crippen LogP contribution in [0.5, 0.6) is 0 Å². The molecule has 2 rings (SSSR count). The van der Waals surface area contributed by atoms with Gasteiger partial charge in [-0.05, 0) is 26.2 Å². The van der Waals surface area contributed by atoms with Gasteiger partial charge < -0.3 is 15.8 Å². The molecule has 0 aromatic carbocycles. The van der Waals surface area contributed by atoms with E-state index in [1.165, 1.54) is 0 Å². The Morgan fingerprint density at radius 2 is 2.47 bits per heavy atom. The second-order valence-electron chi connectivity index (χ2n) is 4.76. The normalized spacial score (nSPS) is 23.8. The van der Waals surface area contributed by atoms with E-state index in [9.17, 15) is 0 Å². The van der Waals surface area contributed by atoms with Crippen molar-refractivity contribution in [1.29, 1.82) is 0 Å². The number of nitrogens with zero attached hydrogens (tertiary/aromatic N) is 1. The maximum atomic E-state index is 5.79. The Morgan fingerprint density at radius 1 is 1.65 bits per heavy atom. The molecule has 5 heteroatoms. The highest BCUT2D eigenvalue weighted by molar-refractivity contribution is 7.09. The first kappa shape index (κ1) is 13.0. The van der Waals surface area contributed by atoms with E-state index >= 15 is 0 Å². The molecule has 1 saturated heterocycles. The average molecular weight is 255 g/mol. The molecule has 1 aliphatic rings. The third-order valence-electron chi connectivity index (χ3n) is 3.24. The number of rotatable bonds is 5. The Labute approximate surface area is 107 Å². The van der Waals surface area contributed by atoms with Gasteiger partial charge in [-0.1, -0.05) is 0 Å². The Hall–Kier alpha value is -0.490. The fraction of sp³-hybridized carbons (Fsp3) is 0.750. The lowest BCUT2D eigenvalue weighted by Crippen LogP contribution is -2.33. The molecule has 3 unspecified atom stereocenters. The highest BCUT2D eigenvalue weighted by Gasteiger charge is 2.21. The van der Waals surface area contributed by atoms with Crippen LogP contribution in [0.25, 0.3) is 0 Å². The maximum absolute atomic E-state index is 5.79. The molecule has 1 aromatic heterocycles. The summed E-state index contributed by atoms with van der Waals surface area (Å²) in [5.41, 5.74) is 6.88. The van der Waals surface area contributed by atoms with E-state index in [4.69, 9.17) is 10.5 Å². The summed E-state index contributed by atoms with van der Waals surface area (Å²) in [5.74, 6) is 0.640. The standard InChI is InChI=1S/C12H21N3OS/c1-8(13)12-15-11(7-17-12)5-14-9(2)10-3-4-16-6-10/h7-10,14H,3-6,13H2,1-2H3. The maximum Gasteiger partial charge on any atom is 0.109 e. The van der Waals surface area contributed by atoms with Gasteiger partial charge in [-0.3, -0.25) is 0 Å². The van der Waals surface area contributed by atoms with Crippen LogP contribution in [-0.2, 0) is 11.3 Å². The van der Waals surface area contributed by atoms with Gasteiger partial charge in [0.15, 0.2) is 0 Å². The highest BCUT2D eigenvalue weighted by atomic mass is 32.1. The molecule has 3 N–H and O–H groups in total. The van der Waals surface area contributed by atoms with Crippen LogP contribution in [-0.4, -0.2) is 24.2 Å². The summed E-state index contributed by atoms with van der Waals surface area (Å²) in [5, 5.41) is 6.62. The lowest BCUT2D eigenvalue weighted by Gasteiger charge is -2.18. The molecule has 0 spiro atoms. The van der Waals surface area contributed by atoms with Crippen molar-refractivity contribution in [3.05, 3.63) is 16.1 Å². The van der Waals surface area contributed by atoms with Crippen LogP contribution in [0, 0.1) is 5.92 Å². The molecule has 1 fully saturated rings. The predicted molar refractivity (Wildman–Crippen MR) is 69.9 cm³/mol. The highest BCUT2D eigenvalue weighted by Crippen LogP contribution is 2.18. The smallest absolute Gasteiger partial charge is 0.109 e. The Bertz CT molecular complexity index is 347. The fourth-order valence-electron chi connectivity index (χ4n) is 1.99. The van der Waals surface area contributed by atoms with Gasteiger partial charge >= 0.3 is 0 Å². The van der Waals surface area contributed by atoms with Crippen LogP contribution in [0.4, 0.5) is 0 Å². The number of aromatic nitrogens is 1. The van der Waals surface area contributed by atoms with E-state index in [2.05, 4.69) is 22.6 Å². The zero-order valence-electron chi connectivity index (χ0n) is 10.5. The Kier molecular flexibility index (Phi) is 4.50. The first-order valence-electron chi connectivity index (χ1n) is 6.18. The molecule has 0 bridgehead atoms. The topological polar surface area (TPSA) is 60.2 Å². The number of ether oxygens (including phenoxy) is 1. The van der Waals surface area contributed by atoms with Gasteiger partial charge in [0.1, 0.15) is 5.01 Å². The zero-order valence-corrected chi connectivity index (χ0v) is 11.3. The van der Waals surface area contributed by atoms with Crippen molar-refractivity contribution >= 4 is 11.3 Å². The quantitative estimate of drug-likeness (QED) is 0.840. The van der Waals surface area contributed by atoms with E-state index in [1.807, 2.05) is 6.92 Å². The monoisotopic (exact) mass is 255 g/mol. The Balaban J connectivity index is 1.80. The van der Waals surface area contributed by atoms with Crippen LogP contribution < -0.4 is 11.1 Å². The summed E-state index contributed by atoms with van der Waals surface area (Å²) < 4.78 is 5.40. The van der Waals surface area contributed by atoms with Gasteiger partial charge in [0.2, 0.25) is 0 Å². The van der Waals surface area contributed by atoms with Crippen molar-refractivity contribution in [2.24, 2.45) is 11.7 Å². The lowest BCUT2D eigenvalue weighted by atomic mass is 10.0. The van der Waals surface area contributed by atoms with Gasteiger partial charge in [-0.15, -0.1) is 11.3 Å². The third-order valence-corrected chi connectivity index (χ3v) is 4.33. The SMILES string of the molecule is CC(N)c1nc(CNC(C)C2CCOC2)cs1. The number of nitrogens with one attached hydrogen (secondary N) is 1. The molecule has 0 saturated carbocycles. The molecule has 96 valence electrons. The molecule has 4 nitrogen and oxygen atoms in total. The van der Waals surface area contributed by atoms with E-state index in [1.54, 1.807) is 11.3 Å². The fourth-order valence-corrected chi connectivity index (χ4v) is 2.77. The first-order valence-corrected chi connectivity index (χ1v) is 7.06. The van der Waals surface area contributed by atoms with E-state index in [-0.39, 0.29) is 6.04 Å². The Morgan fingerprint density at radius 3 is 3.06 bits per heavy atom. The van der Waals surface area contributed by atoms with Crippen molar-refractivity contribution in [3.63, 3.8) is 0 Å². The van der Waals surface area contributed by atoms with Crippen LogP contribution in [0.15, 0.2) is 5.38 Å². The summed E-state index contributed by atoms with van der Waals surface area (Å²) in [6.45, 7) is 6.80. The number of hydrogen-bond acceptors (Lipinski definition) is 5. The van der Waals surface area contributed by atoms with Crippen LogP contribution in [0.3, 0.4) is 0 Å². The molecule has 3 atom stereocenters. The number of hydrogen-bond donors (Lipinski definition) is 2. The molecular formula is C12H21N3OS. The molecule has 0 radical (unpaired) electrons. The average Bonchev–Trinajstić information content (AvgIpc) is 2.97. The lowest BCUT2D eigenvalue weighted by molar-refractivity contribution is 0.178. The van der Waals surface area contributed by atoms with Gasteiger partial charge in [0.25, 0.3) is 0 Å². The van der Waals surface area contributed by atoms with Gasteiger partial charge in [0, 0.05) is 24.6 Å². The van der Waals surface area contributed by atoms with Crippen molar-refractivity contribution in [3.8, 4) is 0 Å². The predicted octanol–water partition coefficient (Wildman–Crippen LogP) is 1.68. The van der Waals surface area contributed by atoms with E-state index < -0.39 is 0 Å². The van der Waals surface area contributed by atoms with Crippen molar-refractivity contribution < 1.29 is 4.74 Å². The van der Waals surface area contributed by atoms with Gasteiger partial charge in [0.05, 0.1) is 18.3 Å². The second-order valence-corrected chi connectivity index (χ2v) is 5.65. The van der Waals surface area contributed by atoms with Crippen LogP contribution >= 0.6 is 11.3 Å². The van der Waals surface area contributed by atoms with Crippen molar-refractivity contribution in [2.45, 2.75) is 38.9 Å². The molecule has 1 aliphatic heterocycles. The zero-order chi connectivity index (χ0) is 12.3. The van der Waals surface area contributed by atoms with E-state index in [0.717, 1.165) is 36.9 Å². The third kappa shape index (κ3) is 3.48. The van der Waals surface area contributed by atoms with Crippen molar-refractivity contribution in [2.75, 3.05) is 13.2 Å². The number of thiazole rings is 1. The van der Waals surface area contributed by atoms with Crippen LogP contribution in [0.1, 0.15) is 37.0 Å². The van der Waals surface area contributed by atoms with Gasteiger partial charge in [-0.2, -0.15) is 0 Å². The first-order chi connectivity index (χ1) is 8.16. The summed E-state index contributed by atoms with van der Waals surface area (Å²) in [4.78, 5) is 4.51. The summed E-state index contributed by atoms with van der Waals surface area (Å²) >= 11 is 1.64. The minimum atomic E-state index is 0.0365.